The zero-order valence-electron chi connectivity index (χ0n) is 12.3. The average molecular weight is 255 g/mol. The molecule has 1 amide bonds. The number of nitrogens with two attached hydrogens (primary N) is 1. The van der Waals surface area contributed by atoms with Gasteiger partial charge in [0.15, 0.2) is 0 Å². The van der Waals surface area contributed by atoms with Crippen molar-refractivity contribution in [1.82, 2.24) is 10.2 Å². The molecule has 1 aliphatic rings. The van der Waals surface area contributed by atoms with Crippen molar-refractivity contribution in [2.45, 2.75) is 58.5 Å². The number of carbonyl (C=O) groups excluding carboxylic acids is 1. The summed E-state index contributed by atoms with van der Waals surface area (Å²) in [4.78, 5) is 14.3. The minimum atomic E-state index is -0.401. The van der Waals surface area contributed by atoms with Crippen LogP contribution in [0.4, 0.5) is 0 Å². The second-order valence-electron chi connectivity index (χ2n) is 6.35. The summed E-state index contributed by atoms with van der Waals surface area (Å²) in [5.41, 5.74) is 5.86. The second kappa shape index (κ2) is 6.53. The fraction of sp³-hybridized carbons (Fsp3) is 0.929. The van der Waals surface area contributed by atoms with E-state index in [1.54, 1.807) is 0 Å². The van der Waals surface area contributed by atoms with Gasteiger partial charge in [-0.05, 0) is 45.7 Å². The van der Waals surface area contributed by atoms with Crippen molar-refractivity contribution < 1.29 is 4.79 Å². The van der Waals surface area contributed by atoms with Crippen LogP contribution >= 0.6 is 0 Å². The Hall–Kier alpha value is -0.610. The fourth-order valence-electron chi connectivity index (χ4n) is 2.34. The van der Waals surface area contributed by atoms with Crippen LogP contribution < -0.4 is 11.1 Å². The number of rotatable bonds is 5. The molecule has 1 heterocycles. The Kier molecular flexibility index (Phi) is 5.60. The van der Waals surface area contributed by atoms with E-state index in [4.69, 9.17) is 5.73 Å². The maximum absolute atomic E-state index is 11.9. The molecule has 0 aromatic rings. The third-order valence-electron chi connectivity index (χ3n) is 3.93. The molecule has 1 rings (SSSR count). The van der Waals surface area contributed by atoms with Crippen molar-refractivity contribution in [3.63, 3.8) is 0 Å². The molecule has 1 atom stereocenters. The van der Waals surface area contributed by atoms with Crippen LogP contribution in [0.25, 0.3) is 0 Å². The summed E-state index contributed by atoms with van der Waals surface area (Å²) in [7, 11) is 0. The third kappa shape index (κ3) is 4.25. The molecule has 1 saturated heterocycles. The lowest BCUT2D eigenvalue weighted by Gasteiger charge is -2.41. The molecule has 0 radical (unpaired) electrons. The van der Waals surface area contributed by atoms with Crippen molar-refractivity contribution >= 4 is 5.91 Å². The molecule has 0 bridgehead atoms. The number of likely N-dealkylation sites (tertiary alicyclic amines) is 1. The van der Waals surface area contributed by atoms with E-state index in [-0.39, 0.29) is 17.4 Å². The zero-order chi connectivity index (χ0) is 13.8. The summed E-state index contributed by atoms with van der Waals surface area (Å²) >= 11 is 0. The predicted molar refractivity (Wildman–Crippen MR) is 75.3 cm³/mol. The summed E-state index contributed by atoms with van der Waals surface area (Å²) in [6.07, 6.45) is 3.86. The van der Waals surface area contributed by atoms with Gasteiger partial charge < -0.3 is 11.1 Å². The molecular formula is C14H29N3O. The number of amides is 1. The lowest BCUT2D eigenvalue weighted by atomic mass is 9.98. The Labute approximate surface area is 111 Å². The Balaban J connectivity index is 2.43. The Morgan fingerprint density at radius 2 is 1.83 bits per heavy atom. The molecule has 3 N–H and O–H groups in total. The van der Waals surface area contributed by atoms with Gasteiger partial charge in [-0.25, -0.2) is 0 Å². The maximum atomic E-state index is 11.9. The van der Waals surface area contributed by atoms with Gasteiger partial charge in [0, 0.05) is 12.1 Å². The summed E-state index contributed by atoms with van der Waals surface area (Å²) < 4.78 is 0. The topological polar surface area (TPSA) is 58.4 Å². The first-order valence-corrected chi connectivity index (χ1v) is 7.13. The minimum Gasteiger partial charge on any atom is -0.353 e. The third-order valence-corrected chi connectivity index (χ3v) is 3.93. The normalized spacial score (nSPS) is 19.9. The number of piperidine rings is 1. The van der Waals surface area contributed by atoms with E-state index >= 15 is 0 Å². The Morgan fingerprint density at radius 1 is 1.28 bits per heavy atom. The van der Waals surface area contributed by atoms with Gasteiger partial charge in [0.2, 0.25) is 5.91 Å². The molecule has 0 aliphatic carbocycles. The highest BCUT2D eigenvalue weighted by Gasteiger charge is 2.29. The van der Waals surface area contributed by atoms with Gasteiger partial charge in [-0.15, -0.1) is 0 Å². The molecule has 0 aromatic heterocycles. The highest BCUT2D eigenvalue weighted by atomic mass is 16.2. The number of carbonyl (C=O) groups is 1. The highest BCUT2D eigenvalue weighted by molar-refractivity contribution is 5.81. The summed E-state index contributed by atoms with van der Waals surface area (Å²) in [6.45, 7) is 11.3. The van der Waals surface area contributed by atoms with Gasteiger partial charge in [-0.1, -0.05) is 20.3 Å². The van der Waals surface area contributed by atoms with Crippen molar-refractivity contribution in [2.75, 3.05) is 19.6 Å². The van der Waals surface area contributed by atoms with E-state index in [0.29, 0.717) is 6.54 Å². The van der Waals surface area contributed by atoms with Crippen LogP contribution in [0, 0.1) is 5.92 Å². The Morgan fingerprint density at radius 3 is 2.33 bits per heavy atom. The van der Waals surface area contributed by atoms with Crippen molar-refractivity contribution in [2.24, 2.45) is 11.7 Å². The lowest BCUT2D eigenvalue weighted by Crippen LogP contribution is -2.55. The summed E-state index contributed by atoms with van der Waals surface area (Å²) in [6, 6.07) is -0.401. The first kappa shape index (κ1) is 15.4. The smallest absolute Gasteiger partial charge is 0.237 e. The largest absolute Gasteiger partial charge is 0.353 e. The van der Waals surface area contributed by atoms with Gasteiger partial charge in [-0.3, -0.25) is 9.69 Å². The molecule has 1 aliphatic heterocycles. The first-order chi connectivity index (χ1) is 8.34. The van der Waals surface area contributed by atoms with Crippen LogP contribution in [0.1, 0.15) is 47.0 Å². The van der Waals surface area contributed by atoms with Gasteiger partial charge in [-0.2, -0.15) is 0 Å². The van der Waals surface area contributed by atoms with E-state index in [0.717, 1.165) is 13.1 Å². The quantitative estimate of drug-likeness (QED) is 0.779. The molecule has 4 nitrogen and oxygen atoms in total. The van der Waals surface area contributed by atoms with Gasteiger partial charge in [0.25, 0.3) is 0 Å². The molecule has 0 aromatic carbocycles. The molecular weight excluding hydrogens is 226 g/mol. The van der Waals surface area contributed by atoms with Gasteiger partial charge >= 0.3 is 0 Å². The van der Waals surface area contributed by atoms with Crippen LogP contribution in [-0.2, 0) is 4.79 Å². The Bertz CT molecular complexity index is 270. The average Bonchev–Trinajstić information content (AvgIpc) is 2.36. The SMILES string of the molecule is CC(C)[C@H](N)C(=O)NCC(C)(C)N1CCCCC1. The zero-order valence-corrected chi connectivity index (χ0v) is 12.3. The van der Waals surface area contributed by atoms with E-state index in [2.05, 4.69) is 24.1 Å². The molecule has 4 heteroatoms. The highest BCUT2D eigenvalue weighted by Crippen LogP contribution is 2.19. The molecule has 1 fully saturated rings. The van der Waals surface area contributed by atoms with Gasteiger partial charge in [0.1, 0.15) is 0 Å². The summed E-state index contributed by atoms with van der Waals surface area (Å²) in [5, 5.41) is 3.00. The van der Waals surface area contributed by atoms with Crippen molar-refractivity contribution in [3.8, 4) is 0 Å². The molecule has 0 spiro atoms. The van der Waals surface area contributed by atoms with Crippen molar-refractivity contribution in [1.29, 1.82) is 0 Å². The van der Waals surface area contributed by atoms with E-state index in [1.165, 1.54) is 19.3 Å². The number of nitrogens with one attached hydrogen (secondary N) is 1. The monoisotopic (exact) mass is 255 g/mol. The van der Waals surface area contributed by atoms with Crippen LogP contribution in [0.5, 0.6) is 0 Å². The van der Waals surface area contributed by atoms with E-state index < -0.39 is 6.04 Å². The standard InChI is InChI=1S/C14H29N3O/c1-11(2)12(15)13(18)16-10-14(3,4)17-8-6-5-7-9-17/h11-12H,5-10,15H2,1-4H3,(H,16,18)/t12-/m0/s1. The van der Waals surface area contributed by atoms with E-state index in [9.17, 15) is 4.79 Å². The van der Waals surface area contributed by atoms with E-state index in [1.807, 2.05) is 13.8 Å². The van der Waals surface area contributed by atoms with Crippen LogP contribution in [0.15, 0.2) is 0 Å². The molecule has 0 unspecified atom stereocenters. The van der Waals surface area contributed by atoms with Gasteiger partial charge in [0.05, 0.1) is 6.04 Å². The second-order valence-corrected chi connectivity index (χ2v) is 6.35. The van der Waals surface area contributed by atoms with Crippen LogP contribution in [0.2, 0.25) is 0 Å². The number of hydrogen-bond acceptors (Lipinski definition) is 3. The van der Waals surface area contributed by atoms with Crippen molar-refractivity contribution in [3.05, 3.63) is 0 Å². The first-order valence-electron chi connectivity index (χ1n) is 7.13. The minimum absolute atomic E-state index is 0.0206. The predicted octanol–water partition coefficient (Wildman–Crippen LogP) is 1.35. The lowest BCUT2D eigenvalue weighted by molar-refractivity contribution is -0.123. The van der Waals surface area contributed by atoms with Crippen LogP contribution in [0.3, 0.4) is 0 Å². The van der Waals surface area contributed by atoms with Crippen LogP contribution in [-0.4, -0.2) is 42.0 Å². The number of hydrogen-bond donors (Lipinski definition) is 2. The molecule has 0 saturated carbocycles. The maximum Gasteiger partial charge on any atom is 0.237 e. The number of nitrogens with zero attached hydrogens (tertiary/aromatic N) is 1. The fourth-order valence-corrected chi connectivity index (χ4v) is 2.34. The summed E-state index contributed by atoms with van der Waals surface area (Å²) in [5.74, 6) is 0.151. The molecule has 18 heavy (non-hydrogen) atoms. The molecule has 106 valence electrons.